The smallest absolute Gasteiger partial charge is 0.361 e. The quantitative estimate of drug-likeness (QED) is 0.251. The fourth-order valence-electron chi connectivity index (χ4n) is 2.30. The van der Waals surface area contributed by atoms with Crippen LogP contribution < -0.4 is 0 Å². The highest BCUT2D eigenvalue weighted by molar-refractivity contribution is 6.71. The Kier molecular flexibility index (Phi) is 14.7. The molecule has 0 radical (unpaired) electrons. The molecule has 0 amide bonds. The molecule has 21 heavy (non-hydrogen) atoms. The Morgan fingerprint density at radius 3 is 1.57 bits per heavy atom. The number of hydrogen-bond donors (Lipinski definition) is 0. The normalized spacial score (nSPS) is 14.0. The van der Waals surface area contributed by atoms with Crippen molar-refractivity contribution in [2.45, 2.75) is 91.0 Å². The molecule has 0 saturated carbocycles. The van der Waals surface area contributed by atoms with Gasteiger partial charge in [-0.2, -0.15) is 0 Å². The first-order chi connectivity index (χ1) is 10.2. The van der Waals surface area contributed by atoms with Gasteiger partial charge in [-0.05, 0) is 25.1 Å². The summed E-state index contributed by atoms with van der Waals surface area (Å²) >= 11 is 0. The zero-order valence-electron chi connectivity index (χ0n) is 14.8. The van der Waals surface area contributed by atoms with Gasteiger partial charge in [-0.1, -0.05) is 71.6 Å². The SMILES string of the molecule is C=C[Si](C)(OCCCCC)OCCCCCCCCCC. The third kappa shape index (κ3) is 13.3. The van der Waals surface area contributed by atoms with Crippen molar-refractivity contribution < 1.29 is 8.85 Å². The molecule has 0 N–H and O–H groups in total. The van der Waals surface area contributed by atoms with Gasteiger partial charge in [0, 0.05) is 13.2 Å². The van der Waals surface area contributed by atoms with Crippen LogP contribution in [0.5, 0.6) is 0 Å². The van der Waals surface area contributed by atoms with E-state index in [-0.39, 0.29) is 0 Å². The van der Waals surface area contributed by atoms with Gasteiger partial charge < -0.3 is 8.85 Å². The summed E-state index contributed by atoms with van der Waals surface area (Å²) < 4.78 is 12.0. The summed E-state index contributed by atoms with van der Waals surface area (Å²) in [4.78, 5) is 0. The van der Waals surface area contributed by atoms with Crippen LogP contribution in [0.4, 0.5) is 0 Å². The Balaban J connectivity index is 3.50. The van der Waals surface area contributed by atoms with Gasteiger partial charge in [0.05, 0.1) is 0 Å². The minimum Gasteiger partial charge on any atom is -0.391 e. The predicted molar refractivity (Wildman–Crippen MR) is 95.9 cm³/mol. The fourth-order valence-corrected chi connectivity index (χ4v) is 3.72. The lowest BCUT2D eigenvalue weighted by molar-refractivity contribution is 0.178. The van der Waals surface area contributed by atoms with Crippen LogP contribution in [0.1, 0.15) is 84.5 Å². The van der Waals surface area contributed by atoms with Crippen molar-refractivity contribution in [2.24, 2.45) is 0 Å². The standard InChI is InChI=1S/C18H38O2Si/c1-5-8-10-11-12-13-14-16-18-20-21(4,7-3)19-17-15-9-6-2/h7H,3,5-6,8-18H2,1-2,4H3. The van der Waals surface area contributed by atoms with Crippen molar-refractivity contribution in [3.05, 3.63) is 12.3 Å². The fraction of sp³-hybridized carbons (Fsp3) is 0.889. The molecular weight excluding hydrogens is 276 g/mol. The highest BCUT2D eigenvalue weighted by Crippen LogP contribution is 2.13. The van der Waals surface area contributed by atoms with E-state index in [4.69, 9.17) is 8.85 Å². The second-order valence-corrected chi connectivity index (χ2v) is 9.12. The second kappa shape index (κ2) is 14.8. The zero-order chi connectivity index (χ0) is 15.8. The summed E-state index contributed by atoms with van der Waals surface area (Å²) in [5.74, 6) is 0. The number of unbranched alkanes of at least 4 members (excludes halogenated alkanes) is 9. The van der Waals surface area contributed by atoms with Gasteiger partial charge in [0.15, 0.2) is 0 Å². The lowest BCUT2D eigenvalue weighted by Crippen LogP contribution is -2.37. The Hall–Kier alpha value is -0.123. The molecule has 3 heteroatoms. The first-order valence-electron chi connectivity index (χ1n) is 9.10. The van der Waals surface area contributed by atoms with E-state index in [1.54, 1.807) is 0 Å². The largest absolute Gasteiger partial charge is 0.391 e. The molecule has 1 atom stereocenters. The molecule has 0 aromatic carbocycles. The lowest BCUT2D eigenvalue weighted by Gasteiger charge is -2.23. The molecule has 0 aliphatic carbocycles. The van der Waals surface area contributed by atoms with E-state index in [2.05, 4.69) is 27.0 Å². The highest BCUT2D eigenvalue weighted by atomic mass is 28.4. The molecular formula is C18H38O2Si. The molecule has 0 rings (SSSR count). The van der Waals surface area contributed by atoms with Gasteiger partial charge in [0.25, 0.3) is 0 Å². The Bertz CT molecular complexity index is 233. The summed E-state index contributed by atoms with van der Waals surface area (Å²) in [6, 6.07) is 0. The minimum atomic E-state index is -2.10. The zero-order valence-corrected chi connectivity index (χ0v) is 15.8. The van der Waals surface area contributed by atoms with Crippen LogP contribution in [0, 0.1) is 0 Å². The second-order valence-electron chi connectivity index (χ2n) is 6.10. The Morgan fingerprint density at radius 1 is 0.714 bits per heavy atom. The van der Waals surface area contributed by atoms with Crippen LogP contribution in [-0.2, 0) is 8.85 Å². The van der Waals surface area contributed by atoms with Crippen LogP contribution in [-0.4, -0.2) is 21.8 Å². The average molecular weight is 315 g/mol. The number of rotatable bonds is 16. The maximum Gasteiger partial charge on any atom is 0.361 e. The van der Waals surface area contributed by atoms with Crippen molar-refractivity contribution in [2.75, 3.05) is 13.2 Å². The molecule has 0 bridgehead atoms. The van der Waals surface area contributed by atoms with Gasteiger partial charge >= 0.3 is 8.56 Å². The van der Waals surface area contributed by atoms with E-state index in [0.29, 0.717) is 0 Å². The van der Waals surface area contributed by atoms with E-state index in [1.165, 1.54) is 57.8 Å². The van der Waals surface area contributed by atoms with E-state index >= 15 is 0 Å². The Morgan fingerprint density at radius 2 is 1.10 bits per heavy atom. The van der Waals surface area contributed by atoms with Crippen molar-refractivity contribution in [1.29, 1.82) is 0 Å². The molecule has 0 aromatic rings. The minimum absolute atomic E-state index is 0.819. The molecule has 0 aliphatic rings. The summed E-state index contributed by atoms with van der Waals surface area (Å²) in [6.45, 7) is 12.1. The first-order valence-corrected chi connectivity index (χ1v) is 11.5. The third-order valence-electron chi connectivity index (χ3n) is 3.89. The predicted octanol–water partition coefficient (Wildman–Crippen LogP) is 6.15. The van der Waals surface area contributed by atoms with Gasteiger partial charge in [-0.15, -0.1) is 6.58 Å². The summed E-state index contributed by atoms with van der Waals surface area (Å²) in [7, 11) is -2.10. The van der Waals surface area contributed by atoms with Crippen molar-refractivity contribution in [3.63, 3.8) is 0 Å². The van der Waals surface area contributed by atoms with Crippen LogP contribution in [0.15, 0.2) is 12.3 Å². The van der Waals surface area contributed by atoms with Crippen LogP contribution in [0.3, 0.4) is 0 Å². The molecule has 1 unspecified atom stereocenters. The van der Waals surface area contributed by atoms with Crippen LogP contribution in [0.2, 0.25) is 6.55 Å². The Labute approximate surface area is 134 Å². The van der Waals surface area contributed by atoms with E-state index < -0.39 is 8.56 Å². The number of hydrogen-bond acceptors (Lipinski definition) is 2. The van der Waals surface area contributed by atoms with Gasteiger partial charge in [0.2, 0.25) is 0 Å². The molecule has 126 valence electrons. The monoisotopic (exact) mass is 314 g/mol. The molecule has 0 fully saturated rings. The van der Waals surface area contributed by atoms with Crippen molar-refractivity contribution in [1.82, 2.24) is 0 Å². The lowest BCUT2D eigenvalue weighted by atomic mass is 10.1. The molecule has 0 aliphatic heterocycles. The van der Waals surface area contributed by atoms with Crippen LogP contribution >= 0.6 is 0 Å². The molecule has 0 heterocycles. The maximum atomic E-state index is 6.00. The average Bonchev–Trinajstić information content (AvgIpc) is 2.50. The van der Waals surface area contributed by atoms with E-state index in [1.807, 2.05) is 5.70 Å². The van der Waals surface area contributed by atoms with Crippen molar-refractivity contribution >= 4 is 8.56 Å². The highest BCUT2D eigenvalue weighted by Gasteiger charge is 2.26. The van der Waals surface area contributed by atoms with E-state index in [9.17, 15) is 0 Å². The maximum absolute atomic E-state index is 6.00. The molecule has 2 nitrogen and oxygen atoms in total. The van der Waals surface area contributed by atoms with Crippen LogP contribution in [0.25, 0.3) is 0 Å². The van der Waals surface area contributed by atoms with E-state index in [0.717, 1.165) is 26.1 Å². The summed E-state index contributed by atoms with van der Waals surface area (Å²) in [5, 5.41) is 0. The molecule has 0 saturated heterocycles. The van der Waals surface area contributed by atoms with Gasteiger partial charge in [-0.25, -0.2) is 0 Å². The molecule has 0 spiro atoms. The first kappa shape index (κ1) is 20.9. The van der Waals surface area contributed by atoms with Gasteiger partial charge in [-0.3, -0.25) is 0 Å². The summed E-state index contributed by atoms with van der Waals surface area (Å²) in [5.41, 5.74) is 1.92. The van der Waals surface area contributed by atoms with Gasteiger partial charge in [0.1, 0.15) is 0 Å². The topological polar surface area (TPSA) is 18.5 Å². The summed E-state index contributed by atoms with van der Waals surface area (Å²) in [6.07, 6.45) is 14.3. The molecule has 0 aromatic heterocycles. The van der Waals surface area contributed by atoms with Crippen molar-refractivity contribution in [3.8, 4) is 0 Å². The third-order valence-corrected chi connectivity index (χ3v) is 6.19.